The van der Waals surface area contributed by atoms with E-state index in [1.54, 1.807) is 38.1 Å². The van der Waals surface area contributed by atoms with Crippen LogP contribution in [0.5, 0.6) is 5.75 Å². The second-order valence-electron chi connectivity index (χ2n) is 6.53. The predicted molar refractivity (Wildman–Crippen MR) is 113 cm³/mol. The molecule has 2 aromatic carbocycles. The lowest BCUT2D eigenvalue weighted by Gasteiger charge is -2.12. The summed E-state index contributed by atoms with van der Waals surface area (Å²) in [6.45, 7) is 5.41. The van der Waals surface area contributed by atoms with Crippen molar-refractivity contribution in [2.75, 3.05) is 18.5 Å². The van der Waals surface area contributed by atoms with Gasteiger partial charge in [0, 0.05) is 23.4 Å². The second kappa shape index (κ2) is 10.7. The molecule has 0 aliphatic heterocycles. The van der Waals surface area contributed by atoms with Crippen molar-refractivity contribution in [3.63, 3.8) is 0 Å². The summed E-state index contributed by atoms with van der Waals surface area (Å²) in [5.74, 6) is -0.486. The molecule has 0 saturated carbocycles. The van der Waals surface area contributed by atoms with Gasteiger partial charge in [-0.05, 0) is 56.7 Å². The average molecular weight is 435 g/mol. The zero-order valence-electron chi connectivity index (χ0n) is 17.2. The number of carbonyl (C=O) groups is 2. The topological polar surface area (TPSA) is 111 Å². The number of nitrogens with one attached hydrogen (secondary N) is 2. The minimum Gasteiger partial charge on any atom is -0.482 e. The summed E-state index contributed by atoms with van der Waals surface area (Å²) in [5.41, 5.74) is 0.770. The van der Waals surface area contributed by atoms with Gasteiger partial charge in [0.05, 0.1) is 11.5 Å². The van der Waals surface area contributed by atoms with E-state index in [4.69, 9.17) is 9.47 Å². The fourth-order valence-electron chi connectivity index (χ4n) is 2.41. The van der Waals surface area contributed by atoms with Gasteiger partial charge in [0.25, 0.3) is 5.91 Å². The molecule has 162 valence electrons. The number of benzene rings is 2. The molecule has 0 aliphatic carbocycles. The summed E-state index contributed by atoms with van der Waals surface area (Å²) in [7, 11) is -3.63. The van der Waals surface area contributed by atoms with Crippen LogP contribution in [0, 0.1) is 0 Å². The molecule has 0 saturated heterocycles. The fourth-order valence-corrected chi connectivity index (χ4v) is 3.74. The fraction of sp³-hybridized carbons (Fsp3) is 0.333. The van der Waals surface area contributed by atoms with E-state index < -0.39 is 21.9 Å². The summed E-state index contributed by atoms with van der Waals surface area (Å²) in [6, 6.07) is 12.1. The van der Waals surface area contributed by atoms with Crippen LogP contribution in [0.25, 0.3) is 0 Å². The third-order valence-corrected chi connectivity index (χ3v) is 5.75. The summed E-state index contributed by atoms with van der Waals surface area (Å²) in [4.78, 5) is 23.9. The van der Waals surface area contributed by atoms with Crippen molar-refractivity contribution < 1.29 is 27.5 Å². The lowest BCUT2D eigenvalue weighted by molar-refractivity contribution is -0.145. The van der Waals surface area contributed by atoms with E-state index in [1.807, 2.05) is 6.92 Å². The summed E-state index contributed by atoms with van der Waals surface area (Å²) < 4.78 is 37.3. The molecule has 0 heterocycles. The number of amides is 1. The maximum Gasteiger partial charge on any atom is 0.344 e. The molecule has 2 rings (SSSR count). The number of anilines is 1. The van der Waals surface area contributed by atoms with Gasteiger partial charge in [-0.2, -0.15) is 0 Å². The lowest BCUT2D eigenvalue weighted by Crippen LogP contribution is -2.32. The second-order valence-corrected chi connectivity index (χ2v) is 8.24. The molecular weight excluding hydrogens is 408 g/mol. The number of rotatable bonds is 10. The van der Waals surface area contributed by atoms with Crippen LogP contribution in [0.2, 0.25) is 0 Å². The van der Waals surface area contributed by atoms with Crippen molar-refractivity contribution in [3.8, 4) is 5.75 Å². The molecule has 1 unspecified atom stereocenters. The minimum absolute atomic E-state index is 0.0914. The number of ether oxygens (including phenoxy) is 2. The molecule has 0 aromatic heterocycles. The van der Waals surface area contributed by atoms with E-state index in [2.05, 4.69) is 10.0 Å². The SMILES string of the molecule is CCOC(=O)COc1cccc(NC(=O)c2ccc(S(=O)(=O)NC(C)CC)cc2)c1. The van der Waals surface area contributed by atoms with Crippen LogP contribution in [-0.2, 0) is 19.6 Å². The third-order valence-electron chi connectivity index (χ3n) is 4.15. The highest BCUT2D eigenvalue weighted by atomic mass is 32.2. The van der Waals surface area contributed by atoms with Gasteiger partial charge in [-0.3, -0.25) is 4.79 Å². The Balaban J connectivity index is 2.03. The van der Waals surface area contributed by atoms with Crippen LogP contribution in [0.15, 0.2) is 53.4 Å². The summed E-state index contributed by atoms with van der Waals surface area (Å²) >= 11 is 0. The van der Waals surface area contributed by atoms with Gasteiger partial charge in [0.1, 0.15) is 5.75 Å². The van der Waals surface area contributed by atoms with Crippen molar-refractivity contribution in [3.05, 3.63) is 54.1 Å². The molecule has 0 radical (unpaired) electrons. The molecule has 1 amide bonds. The molecule has 0 aliphatic rings. The minimum atomic E-state index is -3.63. The van der Waals surface area contributed by atoms with Gasteiger partial charge in [-0.15, -0.1) is 0 Å². The van der Waals surface area contributed by atoms with Crippen LogP contribution in [0.1, 0.15) is 37.6 Å². The first-order chi connectivity index (χ1) is 14.2. The zero-order valence-corrected chi connectivity index (χ0v) is 18.0. The van der Waals surface area contributed by atoms with Gasteiger partial charge < -0.3 is 14.8 Å². The first kappa shape index (κ1) is 23.4. The smallest absolute Gasteiger partial charge is 0.344 e. The molecule has 2 N–H and O–H groups in total. The van der Waals surface area contributed by atoms with Gasteiger partial charge >= 0.3 is 5.97 Å². The van der Waals surface area contributed by atoms with Crippen molar-refractivity contribution in [1.29, 1.82) is 0 Å². The number of hydrogen-bond donors (Lipinski definition) is 2. The molecule has 0 bridgehead atoms. The highest BCUT2D eigenvalue weighted by molar-refractivity contribution is 7.89. The van der Waals surface area contributed by atoms with E-state index in [0.717, 1.165) is 0 Å². The van der Waals surface area contributed by atoms with Crippen molar-refractivity contribution in [1.82, 2.24) is 4.72 Å². The Morgan fingerprint density at radius 2 is 1.77 bits per heavy atom. The largest absolute Gasteiger partial charge is 0.482 e. The molecule has 1 atom stereocenters. The van der Waals surface area contributed by atoms with Gasteiger partial charge in [-0.25, -0.2) is 17.9 Å². The lowest BCUT2D eigenvalue weighted by atomic mass is 10.2. The van der Waals surface area contributed by atoms with E-state index in [9.17, 15) is 18.0 Å². The Morgan fingerprint density at radius 1 is 1.07 bits per heavy atom. The Labute approximate surface area is 176 Å². The Kier molecular flexibility index (Phi) is 8.37. The Morgan fingerprint density at radius 3 is 2.40 bits per heavy atom. The van der Waals surface area contributed by atoms with Crippen LogP contribution < -0.4 is 14.8 Å². The normalized spacial score (nSPS) is 12.1. The number of sulfonamides is 1. The first-order valence-corrected chi connectivity index (χ1v) is 11.1. The Hall–Kier alpha value is -2.91. The maximum absolute atomic E-state index is 12.5. The molecule has 2 aromatic rings. The quantitative estimate of drug-likeness (QED) is 0.556. The number of esters is 1. The van der Waals surface area contributed by atoms with Crippen molar-refractivity contribution in [2.24, 2.45) is 0 Å². The molecule has 0 fully saturated rings. The Bertz CT molecular complexity index is 973. The third kappa shape index (κ3) is 6.85. The highest BCUT2D eigenvalue weighted by Crippen LogP contribution is 2.19. The number of hydrogen-bond acceptors (Lipinski definition) is 6. The van der Waals surface area contributed by atoms with E-state index in [0.29, 0.717) is 23.4 Å². The maximum atomic E-state index is 12.5. The molecule has 9 heteroatoms. The van der Waals surface area contributed by atoms with E-state index in [1.165, 1.54) is 24.3 Å². The van der Waals surface area contributed by atoms with Crippen LogP contribution in [-0.4, -0.2) is 39.5 Å². The average Bonchev–Trinajstić information content (AvgIpc) is 2.72. The van der Waals surface area contributed by atoms with Crippen LogP contribution in [0.4, 0.5) is 5.69 Å². The highest BCUT2D eigenvalue weighted by Gasteiger charge is 2.17. The summed E-state index contributed by atoms with van der Waals surface area (Å²) in [6.07, 6.45) is 0.669. The van der Waals surface area contributed by atoms with E-state index in [-0.39, 0.29) is 24.2 Å². The monoisotopic (exact) mass is 434 g/mol. The zero-order chi connectivity index (χ0) is 22.1. The number of carbonyl (C=O) groups excluding carboxylic acids is 2. The molecule has 30 heavy (non-hydrogen) atoms. The predicted octanol–water partition coefficient (Wildman–Crippen LogP) is 2.96. The molecule has 0 spiro atoms. The standard InChI is InChI=1S/C21H26N2O6S/c1-4-15(3)23-30(26,27)19-11-9-16(10-12-19)21(25)22-17-7-6-8-18(13-17)29-14-20(24)28-5-2/h6-13,15,23H,4-5,14H2,1-3H3,(H,22,25). The van der Waals surface area contributed by atoms with Crippen LogP contribution >= 0.6 is 0 Å². The van der Waals surface area contributed by atoms with Gasteiger partial charge in [-0.1, -0.05) is 13.0 Å². The van der Waals surface area contributed by atoms with Gasteiger partial charge in [0.2, 0.25) is 10.0 Å². The van der Waals surface area contributed by atoms with Gasteiger partial charge in [0.15, 0.2) is 6.61 Å². The molecule has 8 nitrogen and oxygen atoms in total. The summed E-state index contributed by atoms with van der Waals surface area (Å²) in [5, 5.41) is 2.71. The first-order valence-electron chi connectivity index (χ1n) is 9.57. The van der Waals surface area contributed by atoms with Crippen LogP contribution in [0.3, 0.4) is 0 Å². The van der Waals surface area contributed by atoms with Crippen molar-refractivity contribution in [2.45, 2.75) is 38.1 Å². The molecular formula is C21H26N2O6S. The van der Waals surface area contributed by atoms with Crippen molar-refractivity contribution >= 4 is 27.6 Å². The van der Waals surface area contributed by atoms with E-state index >= 15 is 0 Å².